The Hall–Kier alpha value is -3.39. The van der Waals surface area contributed by atoms with Crippen LogP contribution in [0, 0.1) is 5.92 Å². The highest BCUT2D eigenvalue weighted by molar-refractivity contribution is 7.64. The van der Waals surface area contributed by atoms with E-state index in [0.717, 1.165) is 37.8 Å². The molecule has 0 spiro atoms. The molecule has 2 nitrogen and oxygen atoms in total. The molecule has 7 atom stereocenters. The first kappa shape index (κ1) is 29.3. The minimum atomic E-state index is -0.336. The maximum atomic E-state index is 6.80. The predicted molar refractivity (Wildman–Crippen MR) is 195 cm³/mol. The second kappa shape index (κ2) is 12.5. The van der Waals surface area contributed by atoms with E-state index in [1.807, 2.05) is 0 Å². The summed E-state index contributed by atoms with van der Waals surface area (Å²) in [6.07, 6.45) is 36.1. The molecule has 5 unspecified atom stereocenters. The maximum absolute atomic E-state index is 6.80. The summed E-state index contributed by atoms with van der Waals surface area (Å²) in [7, 11) is 2.03. The molecule has 7 rings (SSSR count). The van der Waals surface area contributed by atoms with E-state index in [0.29, 0.717) is 23.1 Å². The summed E-state index contributed by atoms with van der Waals surface area (Å²) in [4.78, 5) is 2.52. The number of hydrogen-bond acceptors (Lipinski definition) is 2. The topological polar surface area (TPSA) is 29.3 Å². The zero-order chi connectivity index (χ0) is 30.2. The van der Waals surface area contributed by atoms with Gasteiger partial charge in [0, 0.05) is 40.7 Å². The lowest BCUT2D eigenvalue weighted by molar-refractivity contribution is 0.296. The van der Waals surface area contributed by atoms with E-state index in [4.69, 9.17) is 12.3 Å². The van der Waals surface area contributed by atoms with Gasteiger partial charge in [-0.15, -0.1) is 0 Å². The van der Waals surface area contributed by atoms with Gasteiger partial charge in [-0.05, 0) is 65.1 Å². The fourth-order valence-electron chi connectivity index (χ4n) is 7.88. The molecule has 0 saturated heterocycles. The van der Waals surface area contributed by atoms with E-state index in [1.165, 1.54) is 33.2 Å². The van der Waals surface area contributed by atoms with Crippen LogP contribution in [0.3, 0.4) is 0 Å². The Morgan fingerprint density at radius 2 is 1.86 bits per heavy atom. The van der Waals surface area contributed by atoms with Crippen molar-refractivity contribution in [1.82, 2.24) is 4.90 Å². The zero-order valence-corrected chi connectivity index (χ0v) is 27.0. The molecule has 222 valence electrons. The first-order valence-electron chi connectivity index (χ1n) is 16.5. The van der Waals surface area contributed by atoms with Crippen molar-refractivity contribution in [2.75, 3.05) is 0 Å². The lowest BCUT2D eigenvalue weighted by Crippen LogP contribution is -2.48. The summed E-state index contributed by atoms with van der Waals surface area (Å²) in [5.74, 6) is 0.922. The van der Waals surface area contributed by atoms with E-state index in [9.17, 15) is 0 Å². The molecule has 4 aliphatic carbocycles. The largest absolute Gasteiger partial charge is 0.340 e. The highest BCUT2D eigenvalue weighted by Crippen LogP contribution is 2.61. The van der Waals surface area contributed by atoms with Crippen molar-refractivity contribution in [3.05, 3.63) is 150 Å². The van der Waals surface area contributed by atoms with Gasteiger partial charge in [0.2, 0.25) is 0 Å². The van der Waals surface area contributed by atoms with Crippen LogP contribution in [-0.2, 0) is 6.42 Å². The number of nitrogens with two attached hydrogens (primary N) is 1. The molecule has 5 aliphatic rings. The minimum Gasteiger partial charge on any atom is -0.340 e. The van der Waals surface area contributed by atoms with Crippen molar-refractivity contribution in [3.8, 4) is 0 Å². The van der Waals surface area contributed by atoms with Gasteiger partial charge in [0.25, 0.3) is 0 Å². The van der Waals surface area contributed by atoms with Gasteiger partial charge in [0.05, 0.1) is 6.04 Å². The molecule has 2 N–H and O–H groups in total. The molecule has 0 bridgehead atoms. The lowest BCUT2D eigenvalue weighted by Gasteiger charge is -2.44. The third-order valence-electron chi connectivity index (χ3n) is 10.2. The van der Waals surface area contributed by atoms with Crippen LogP contribution in [0.15, 0.2) is 139 Å². The molecular weight excluding hydrogens is 550 g/mol. The smallest absolute Gasteiger partial charge is 0.116 e. The van der Waals surface area contributed by atoms with Crippen LogP contribution in [0.4, 0.5) is 0 Å². The van der Waals surface area contributed by atoms with Crippen molar-refractivity contribution in [1.29, 1.82) is 0 Å². The van der Waals surface area contributed by atoms with Gasteiger partial charge in [0.1, 0.15) is 7.85 Å². The molecule has 2 aromatic carbocycles. The molecule has 44 heavy (non-hydrogen) atoms. The Balaban J connectivity index is 1.26. The summed E-state index contributed by atoms with van der Waals surface area (Å²) < 4.78 is 0. The molecule has 0 aromatic heterocycles. The average Bonchev–Trinajstić information content (AvgIpc) is 3.51. The monoisotopic (exact) mass is 594 g/mol. The van der Waals surface area contributed by atoms with E-state index < -0.39 is 0 Å². The normalized spacial score (nSPS) is 31.3. The van der Waals surface area contributed by atoms with Gasteiger partial charge in [0.15, 0.2) is 0 Å². The van der Waals surface area contributed by atoms with Gasteiger partial charge < -0.3 is 10.6 Å². The molecule has 1 aliphatic heterocycles. The quantitative estimate of drug-likeness (QED) is 0.213. The van der Waals surface area contributed by atoms with Crippen molar-refractivity contribution < 1.29 is 0 Å². The molecule has 0 amide bonds. The van der Waals surface area contributed by atoms with Crippen LogP contribution in [0.2, 0.25) is 5.82 Å². The Kier molecular flexibility index (Phi) is 8.36. The van der Waals surface area contributed by atoms with E-state index in [1.54, 1.807) is 5.31 Å². The molecule has 0 radical (unpaired) electrons. The van der Waals surface area contributed by atoms with E-state index in [2.05, 4.69) is 135 Å². The van der Waals surface area contributed by atoms with Gasteiger partial charge in [-0.25, -0.2) is 0 Å². The Morgan fingerprint density at radius 3 is 2.68 bits per heavy atom. The van der Waals surface area contributed by atoms with Crippen LogP contribution in [-0.4, -0.2) is 36.1 Å². The number of rotatable bonds is 5. The predicted octanol–water partition coefficient (Wildman–Crippen LogP) is 8.73. The molecular formula is C40H44BN2P. The van der Waals surface area contributed by atoms with E-state index in [-0.39, 0.29) is 20.0 Å². The van der Waals surface area contributed by atoms with Gasteiger partial charge >= 0.3 is 0 Å². The van der Waals surface area contributed by atoms with Crippen LogP contribution in [0.1, 0.15) is 43.7 Å². The fourth-order valence-corrected chi connectivity index (χ4v) is 11.2. The maximum Gasteiger partial charge on any atom is 0.116 e. The molecule has 2 aromatic rings. The lowest BCUT2D eigenvalue weighted by atomic mass is 9.79. The summed E-state index contributed by atoms with van der Waals surface area (Å²) >= 11 is 0. The summed E-state index contributed by atoms with van der Waals surface area (Å²) in [6, 6.07) is 13.5. The Labute approximate surface area is 266 Å². The molecule has 1 heterocycles. The first-order chi connectivity index (χ1) is 21.5. The summed E-state index contributed by atoms with van der Waals surface area (Å²) in [5.41, 5.74) is 14.4. The zero-order valence-electron chi connectivity index (χ0n) is 26.1. The van der Waals surface area contributed by atoms with Crippen LogP contribution in [0.5, 0.6) is 0 Å². The fraction of sp³-hybridized carbons (Fsp3) is 0.300. The van der Waals surface area contributed by atoms with Gasteiger partial charge in [-0.3, -0.25) is 0 Å². The van der Waals surface area contributed by atoms with Crippen molar-refractivity contribution in [2.45, 2.75) is 68.2 Å². The SMILES string of the molecule is BC1C=CC(P(C2=CC=CC2)[C@H]2C=CC=CC2C)CC=C1/C=C1\Cc2ccc3ccccc3c2C(=C)N1[C@@H]1CCC=CC1N. The standard InChI is InChI=1S/C40H44BN2P/c1-27-11-3-10-18-39(27)44(33-13-5-6-14-33)34-22-21-30(36(41)24-23-34)25-32-26-31-20-19-29-12-4-7-15-35(29)40(31)28(2)43(32)38-17-9-8-16-37(38)42/h3-8,10-13,15-16,18-21,23-25,27,34,36-39H,2,9,14,17,22,26,41-42H2,1H3/b32-25+/t27?,34?,36?,37?,38-,39+,44?/m1/s1. The highest BCUT2D eigenvalue weighted by atomic mass is 31.1. The van der Waals surface area contributed by atoms with Crippen molar-refractivity contribution in [3.63, 3.8) is 0 Å². The highest BCUT2D eigenvalue weighted by Gasteiger charge is 2.35. The van der Waals surface area contributed by atoms with Crippen LogP contribution >= 0.6 is 7.92 Å². The van der Waals surface area contributed by atoms with Gasteiger partial charge in [-0.2, -0.15) is 0 Å². The number of nitrogens with zero attached hydrogens (tertiary/aromatic N) is 1. The summed E-state index contributed by atoms with van der Waals surface area (Å²) in [6.45, 7) is 7.16. The van der Waals surface area contributed by atoms with Crippen molar-refractivity contribution >= 4 is 32.2 Å². The molecule has 0 saturated carbocycles. The summed E-state index contributed by atoms with van der Waals surface area (Å²) in [5, 5.41) is 4.20. The van der Waals surface area contributed by atoms with Crippen LogP contribution < -0.4 is 5.73 Å². The first-order valence-corrected chi connectivity index (χ1v) is 18.0. The Morgan fingerprint density at radius 1 is 1.00 bits per heavy atom. The van der Waals surface area contributed by atoms with E-state index >= 15 is 0 Å². The minimum absolute atomic E-state index is 0.0123. The van der Waals surface area contributed by atoms with Crippen molar-refractivity contribution in [2.24, 2.45) is 11.7 Å². The third kappa shape index (κ3) is 5.51. The van der Waals surface area contributed by atoms with Gasteiger partial charge in [-0.1, -0.05) is 136 Å². The number of fused-ring (bicyclic) bond motifs is 3. The number of hydrogen-bond donors (Lipinski definition) is 1. The second-order valence-corrected chi connectivity index (χ2v) is 15.7. The average molecular weight is 595 g/mol. The number of allylic oxidation sites excluding steroid dienone is 15. The van der Waals surface area contributed by atoms with Crippen LogP contribution in [0.25, 0.3) is 16.5 Å². The second-order valence-electron chi connectivity index (χ2n) is 13.1. The molecule has 0 fully saturated rings. The molecule has 4 heteroatoms. The Bertz CT molecular complexity index is 1700. The number of benzene rings is 2. The third-order valence-corrected chi connectivity index (χ3v) is 13.6.